The maximum atomic E-state index is 11.1. The van der Waals surface area contributed by atoms with Gasteiger partial charge >= 0.3 is 0 Å². The van der Waals surface area contributed by atoms with Crippen LogP contribution in [0.5, 0.6) is 5.75 Å². The van der Waals surface area contributed by atoms with Crippen molar-refractivity contribution in [2.24, 2.45) is 0 Å². The molecule has 0 aliphatic rings. The Morgan fingerprint density at radius 1 is 1.25 bits per heavy atom. The minimum Gasteiger partial charge on any atom is -0.492 e. The monoisotopic (exact) mass is 347 g/mol. The van der Waals surface area contributed by atoms with Crippen molar-refractivity contribution in [3.05, 3.63) is 46.8 Å². The Labute approximate surface area is 145 Å². The summed E-state index contributed by atoms with van der Waals surface area (Å²) in [7, 11) is 0. The van der Waals surface area contributed by atoms with Gasteiger partial charge in [-0.25, -0.2) is 0 Å². The lowest BCUT2D eigenvalue weighted by Gasteiger charge is -2.12. The summed E-state index contributed by atoms with van der Waals surface area (Å²) in [6, 6.07) is 6.75. The van der Waals surface area contributed by atoms with E-state index in [2.05, 4.69) is 11.9 Å². The number of nitrogens with two attached hydrogens (primary N) is 1. The molecule has 0 radical (unpaired) electrons. The van der Waals surface area contributed by atoms with Crippen molar-refractivity contribution >= 4 is 23.1 Å². The highest BCUT2D eigenvalue weighted by Crippen LogP contribution is 2.40. The van der Waals surface area contributed by atoms with Gasteiger partial charge in [-0.2, -0.15) is 0 Å². The van der Waals surface area contributed by atoms with Crippen molar-refractivity contribution in [3.63, 3.8) is 0 Å². The normalized spacial score (nSPS) is 10.5. The first-order valence-corrected chi connectivity index (χ1v) is 8.72. The van der Waals surface area contributed by atoms with E-state index < -0.39 is 4.92 Å². The number of hydrogen-bond acceptors (Lipinski definition) is 6. The summed E-state index contributed by atoms with van der Waals surface area (Å²) in [5, 5.41) is 11.1. The van der Waals surface area contributed by atoms with Gasteiger partial charge in [0.25, 0.3) is 5.69 Å². The Balaban J connectivity index is 2.19. The topological polar surface area (TPSA) is 91.3 Å². The van der Waals surface area contributed by atoms with Crippen LogP contribution < -0.4 is 10.5 Å². The molecule has 2 rings (SSSR count). The second kappa shape index (κ2) is 9.12. The average molecular weight is 347 g/mol. The van der Waals surface area contributed by atoms with Gasteiger partial charge in [0.05, 0.1) is 22.5 Å². The Bertz CT molecular complexity index is 680. The summed E-state index contributed by atoms with van der Waals surface area (Å²) in [5.74, 6) is 0.495. The maximum Gasteiger partial charge on any atom is 0.295 e. The van der Waals surface area contributed by atoms with Gasteiger partial charge in [-0.1, -0.05) is 37.9 Å². The molecule has 0 atom stereocenters. The third-order valence-corrected chi connectivity index (χ3v) is 4.47. The second-order valence-corrected chi connectivity index (χ2v) is 6.42. The van der Waals surface area contributed by atoms with E-state index in [1.165, 1.54) is 17.8 Å². The second-order valence-electron chi connectivity index (χ2n) is 5.31. The van der Waals surface area contributed by atoms with Gasteiger partial charge in [0.2, 0.25) is 0 Å². The number of hydrogen-bond donors (Lipinski definition) is 1. The fourth-order valence-electron chi connectivity index (χ4n) is 2.16. The van der Waals surface area contributed by atoms with Gasteiger partial charge in [0.1, 0.15) is 11.4 Å². The maximum absolute atomic E-state index is 11.1. The lowest BCUT2D eigenvalue weighted by molar-refractivity contribution is -0.384. The van der Waals surface area contributed by atoms with E-state index in [9.17, 15) is 10.1 Å². The molecular weight excluding hydrogens is 326 g/mol. The third-order valence-electron chi connectivity index (χ3n) is 3.42. The zero-order valence-electron chi connectivity index (χ0n) is 13.6. The molecule has 0 amide bonds. The number of anilines is 1. The van der Waals surface area contributed by atoms with Gasteiger partial charge in [-0.05, 0) is 24.6 Å². The lowest BCUT2D eigenvalue weighted by atomic mass is 10.2. The number of nitrogens with zero attached hydrogens (tertiary/aromatic N) is 2. The molecule has 0 spiro atoms. The van der Waals surface area contributed by atoms with Crippen molar-refractivity contribution in [3.8, 4) is 5.75 Å². The Hall–Kier alpha value is -2.28. The molecule has 2 N–H and O–H groups in total. The number of nitro groups is 1. The minimum absolute atomic E-state index is 0.127. The zero-order valence-corrected chi connectivity index (χ0v) is 14.4. The average Bonchev–Trinajstić information content (AvgIpc) is 2.57. The van der Waals surface area contributed by atoms with Crippen LogP contribution in [0.3, 0.4) is 0 Å². The van der Waals surface area contributed by atoms with E-state index in [0.717, 1.165) is 35.5 Å². The molecule has 0 fully saturated rings. The molecule has 0 saturated heterocycles. The highest BCUT2D eigenvalue weighted by atomic mass is 32.2. The molecular formula is C17H21N3O3S. The largest absolute Gasteiger partial charge is 0.492 e. The van der Waals surface area contributed by atoms with Gasteiger partial charge in [-0.15, -0.1) is 0 Å². The predicted octanol–water partition coefficient (Wildman–Crippen LogP) is 4.68. The number of ether oxygens (including phenoxy) is 1. The fraction of sp³-hybridized carbons (Fsp3) is 0.353. The molecule has 0 aliphatic carbocycles. The van der Waals surface area contributed by atoms with Crippen molar-refractivity contribution < 1.29 is 9.66 Å². The number of nitro benzene ring substituents is 1. The molecule has 24 heavy (non-hydrogen) atoms. The third kappa shape index (κ3) is 5.13. The van der Waals surface area contributed by atoms with Crippen LogP contribution in [0, 0.1) is 10.1 Å². The van der Waals surface area contributed by atoms with Gasteiger partial charge in [-0.3, -0.25) is 15.1 Å². The van der Waals surface area contributed by atoms with Crippen molar-refractivity contribution in [1.82, 2.24) is 4.98 Å². The summed E-state index contributed by atoms with van der Waals surface area (Å²) in [6.07, 6.45) is 7.71. The summed E-state index contributed by atoms with van der Waals surface area (Å²) < 4.78 is 5.81. The van der Waals surface area contributed by atoms with E-state index in [-0.39, 0.29) is 11.4 Å². The number of unbranched alkanes of at least 4 members (excludes halogenated alkanes) is 3. The highest BCUT2D eigenvalue weighted by Gasteiger charge is 2.18. The van der Waals surface area contributed by atoms with Crippen LogP contribution in [0.25, 0.3) is 0 Å². The number of pyridine rings is 1. The molecule has 1 aromatic heterocycles. The van der Waals surface area contributed by atoms with E-state index >= 15 is 0 Å². The first-order chi connectivity index (χ1) is 11.6. The molecule has 0 unspecified atom stereocenters. The van der Waals surface area contributed by atoms with Crippen LogP contribution in [-0.4, -0.2) is 16.5 Å². The van der Waals surface area contributed by atoms with Crippen LogP contribution in [0.4, 0.5) is 11.4 Å². The molecule has 1 heterocycles. The SMILES string of the molecule is CCCCCCOc1cc([N+](=O)[O-])c(N)cc1Sc1ccncc1. The van der Waals surface area contributed by atoms with Crippen molar-refractivity contribution in [1.29, 1.82) is 0 Å². The smallest absolute Gasteiger partial charge is 0.295 e. The van der Waals surface area contributed by atoms with E-state index in [0.29, 0.717) is 12.4 Å². The summed E-state index contributed by atoms with van der Waals surface area (Å²) >= 11 is 1.45. The molecule has 128 valence electrons. The first kappa shape index (κ1) is 18.1. The summed E-state index contributed by atoms with van der Waals surface area (Å²) in [5.41, 5.74) is 5.82. The Morgan fingerprint density at radius 3 is 2.67 bits per heavy atom. The summed E-state index contributed by atoms with van der Waals surface area (Å²) in [6.45, 7) is 2.68. The first-order valence-electron chi connectivity index (χ1n) is 7.90. The molecule has 2 aromatic rings. The van der Waals surface area contributed by atoms with Crippen molar-refractivity contribution in [2.75, 3.05) is 12.3 Å². The zero-order chi connectivity index (χ0) is 17.4. The van der Waals surface area contributed by atoms with Crippen LogP contribution >= 0.6 is 11.8 Å². The lowest BCUT2D eigenvalue weighted by Crippen LogP contribution is -2.02. The standard InChI is InChI=1S/C17H21N3O3S/c1-2-3-4-5-10-23-16-12-15(20(21)22)14(18)11-17(16)24-13-6-8-19-9-7-13/h6-9,11-12H,2-5,10,18H2,1H3. The number of rotatable bonds is 9. The van der Waals surface area contributed by atoms with Crippen LogP contribution in [0.15, 0.2) is 46.5 Å². The molecule has 7 heteroatoms. The Kier molecular flexibility index (Phi) is 6.87. The summed E-state index contributed by atoms with van der Waals surface area (Å²) in [4.78, 5) is 16.3. The molecule has 6 nitrogen and oxygen atoms in total. The fourth-order valence-corrected chi connectivity index (χ4v) is 3.08. The number of nitrogen functional groups attached to an aromatic ring is 1. The van der Waals surface area contributed by atoms with Crippen LogP contribution in [0.1, 0.15) is 32.6 Å². The predicted molar refractivity (Wildman–Crippen MR) is 95.5 cm³/mol. The van der Waals surface area contributed by atoms with E-state index in [4.69, 9.17) is 10.5 Å². The van der Waals surface area contributed by atoms with Crippen LogP contribution in [0.2, 0.25) is 0 Å². The van der Waals surface area contributed by atoms with Gasteiger partial charge in [0.15, 0.2) is 0 Å². The van der Waals surface area contributed by atoms with Crippen LogP contribution in [-0.2, 0) is 0 Å². The Morgan fingerprint density at radius 2 is 2.00 bits per heavy atom. The minimum atomic E-state index is -0.486. The molecule has 0 aliphatic heterocycles. The molecule has 0 saturated carbocycles. The number of aromatic nitrogens is 1. The van der Waals surface area contributed by atoms with E-state index in [1.54, 1.807) is 18.5 Å². The van der Waals surface area contributed by atoms with Gasteiger partial charge < -0.3 is 10.5 Å². The highest BCUT2D eigenvalue weighted by molar-refractivity contribution is 7.99. The number of benzene rings is 1. The van der Waals surface area contributed by atoms with Crippen molar-refractivity contribution in [2.45, 2.75) is 42.4 Å². The quantitative estimate of drug-likeness (QED) is 0.306. The van der Waals surface area contributed by atoms with Gasteiger partial charge in [0, 0.05) is 17.3 Å². The molecule has 1 aromatic carbocycles. The van der Waals surface area contributed by atoms with E-state index in [1.807, 2.05) is 12.1 Å². The molecule has 0 bridgehead atoms.